The molecule has 0 radical (unpaired) electrons. The number of nitrogens with zero attached hydrogens (tertiary/aromatic N) is 1. The summed E-state index contributed by atoms with van der Waals surface area (Å²) in [6.07, 6.45) is 0. The fourth-order valence-corrected chi connectivity index (χ4v) is 1.70. The molecule has 0 saturated carbocycles. The third kappa shape index (κ3) is 3.84. The average Bonchev–Trinajstić information content (AvgIpc) is 2.45. The Hall–Kier alpha value is -1.79. The molecule has 6 nitrogen and oxygen atoms in total. The van der Waals surface area contributed by atoms with Crippen LogP contribution in [-0.2, 0) is 11.3 Å². The van der Waals surface area contributed by atoms with Crippen molar-refractivity contribution in [2.24, 2.45) is 5.73 Å². The summed E-state index contributed by atoms with van der Waals surface area (Å²) >= 11 is 0. The molecule has 0 heterocycles. The lowest BCUT2D eigenvalue weighted by Gasteiger charge is -2.21. The van der Waals surface area contributed by atoms with Crippen LogP contribution in [0.3, 0.4) is 0 Å². The Balaban J connectivity index is 2.88. The highest BCUT2D eigenvalue weighted by Gasteiger charge is 2.18. The van der Waals surface area contributed by atoms with Gasteiger partial charge in [-0.15, -0.1) is 0 Å². The van der Waals surface area contributed by atoms with E-state index in [1.165, 1.54) is 4.90 Å². The number of ether oxygens (including phenoxy) is 2. The Morgan fingerprint density at radius 3 is 2.63 bits per heavy atom. The number of carbonyl (C=O) groups is 1. The molecule has 1 aromatic carbocycles. The van der Waals surface area contributed by atoms with E-state index in [0.29, 0.717) is 18.0 Å². The summed E-state index contributed by atoms with van der Waals surface area (Å²) in [6.45, 7) is -0.0503. The van der Waals surface area contributed by atoms with Gasteiger partial charge in [0.1, 0.15) is 17.5 Å². The van der Waals surface area contributed by atoms with E-state index in [9.17, 15) is 4.79 Å². The first-order valence-electron chi connectivity index (χ1n) is 5.85. The Kier molecular flexibility index (Phi) is 5.59. The van der Waals surface area contributed by atoms with Crippen LogP contribution in [0, 0.1) is 0 Å². The number of hydrogen-bond acceptors (Lipinski definition) is 5. The van der Waals surface area contributed by atoms with E-state index in [0.717, 1.165) is 5.56 Å². The number of amides is 1. The van der Waals surface area contributed by atoms with Gasteiger partial charge in [0.15, 0.2) is 0 Å². The van der Waals surface area contributed by atoms with Crippen molar-refractivity contribution in [2.75, 3.05) is 27.9 Å². The molecule has 0 bridgehead atoms. The average molecular weight is 268 g/mol. The zero-order valence-corrected chi connectivity index (χ0v) is 11.4. The first kappa shape index (κ1) is 15.3. The zero-order valence-electron chi connectivity index (χ0n) is 11.4. The molecule has 1 atom stereocenters. The third-order valence-corrected chi connectivity index (χ3v) is 2.79. The molecule has 19 heavy (non-hydrogen) atoms. The van der Waals surface area contributed by atoms with E-state index in [1.807, 2.05) is 0 Å². The molecule has 1 aromatic rings. The predicted molar refractivity (Wildman–Crippen MR) is 71.1 cm³/mol. The van der Waals surface area contributed by atoms with Crippen molar-refractivity contribution in [3.63, 3.8) is 0 Å². The second-order valence-electron chi connectivity index (χ2n) is 4.16. The summed E-state index contributed by atoms with van der Waals surface area (Å²) in [7, 11) is 4.76. The second-order valence-corrected chi connectivity index (χ2v) is 4.16. The number of methoxy groups -OCH3 is 2. The normalized spacial score (nSPS) is 11.8. The molecule has 0 aromatic heterocycles. The lowest BCUT2D eigenvalue weighted by atomic mass is 10.1. The van der Waals surface area contributed by atoms with Crippen LogP contribution >= 0.6 is 0 Å². The minimum Gasteiger partial charge on any atom is -0.497 e. The smallest absolute Gasteiger partial charge is 0.241 e. The van der Waals surface area contributed by atoms with Crippen molar-refractivity contribution < 1.29 is 19.4 Å². The third-order valence-electron chi connectivity index (χ3n) is 2.79. The largest absolute Gasteiger partial charge is 0.497 e. The number of rotatable bonds is 6. The van der Waals surface area contributed by atoms with Crippen LogP contribution in [0.4, 0.5) is 0 Å². The van der Waals surface area contributed by atoms with Gasteiger partial charge in [-0.25, -0.2) is 0 Å². The minimum atomic E-state index is -0.901. The van der Waals surface area contributed by atoms with Crippen molar-refractivity contribution in [3.8, 4) is 11.5 Å². The maximum atomic E-state index is 11.8. The van der Waals surface area contributed by atoms with Gasteiger partial charge in [0.2, 0.25) is 5.91 Å². The molecule has 6 heteroatoms. The van der Waals surface area contributed by atoms with Crippen LogP contribution in [0.25, 0.3) is 0 Å². The Morgan fingerprint density at radius 1 is 1.42 bits per heavy atom. The van der Waals surface area contributed by atoms with Crippen molar-refractivity contribution in [3.05, 3.63) is 23.8 Å². The van der Waals surface area contributed by atoms with Gasteiger partial charge in [-0.3, -0.25) is 4.79 Å². The van der Waals surface area contributed by atoms with Crippen LogP contribution in [0.15, 0.2) is 18.2 Å². The number of aliphatic hydroxyl groups excluding tert-OH is 1. The van der Waals surface area contributed by atoms with Gasteiger partial charge in [-0.2, -0.15) is 0 Å². The number of benzene rings is 1. The second kappa shape index (κ2) is 6.96. The predicted octanol–water partition coefficient (Wildman–Crippen LogP) is -0.0182. The van der Waals surface area contributed by atoms with Gasteiger partial charge in [-0.05, 0) is 18.2 Å². The molecule has 1 unspecified atom stereocenters. The highest BCUT2D eigenvalue weighted by atomic mass is 16.5. The molecule has 0 spiro atoms. The maximum absolute atomic E-state index is 11.8. The standard InChI is InChI=1S/C13H20N2O4/c1-15(13(17)11(14)8-16)7-9-6-10(18-2)4-5-12(9)19-3/h4-6,11,16H,7-8,14H2,1-3H3. The van der Waals surface area contributed by atoms with E-state index >= 15 is 0 Å². The van der Waals surface area contributed by atoms with Gasteiger partial charge in [0.25, 0.3) is 0 Å². The van der Waals surface area contributed by atoms with Crippen molar-refractivity contribution >= 4 is 5.91 Å². The summed E-state index contributed by atoms with van der Waals surface area (Å²) in [5.74, 6) is 1.02. The molecule has 0 aliphatic rings. The number of hydrogen-bond donors (Lipinski definition) is 2. The van der Waals surface area contributed by atoms with Gasteiger partial charge in [0.05, 0.1) is 20.8 Å². The van der Waals surface area contributed by atoms with Crippen LogP contribution < -0.4 is 15.2 Å². The van der Waals surface area contributed by atoms with Gasteiger partial charge in [0, 0.05) is 19.2 Å². The number of aliphatic hydroxyl groups is 1. The molecule has 0 aliphatic heterocycles. The quantitative estimate of drug-likeness (QED) is 0.757. The highest BCUT2D eigenvalue weighted by molar-refractivity contribution is 5.81. The maximum Gasteiger partial charge on any atom is 0.241 e. The van der Waals surface area contributed by atoms with E-state index < -0.39 is 6.04 Å². The SMILES string of the molecule is COc1ccc(OC)c(CN(C)C(=O)C(N)CO)c1. The molecule has 0 fully saturated rings. The summed E-state index contributed by atoms with van der Waals surface area (Å²) in [5, 5.41) is 8.89. The number of likely N-dealkylation sites (N-methyl/N-ethyl adjacent to an activating group) is 1. The summed E-state index contributed by atoms with van der Waals surface area (Å²) in [5.41, 5.74) is 6.31. The van der Waals surface area contributed by atoms with Crippen molar-refractivity contribution in [1.82, 2.24) is 4.90 Å². The first-order chi connectivity index (χ1) is 9.03. The molecule has 1 amide bonds. The molecular weight excluding hydrogens is 248 g/mol. The Bertz CT molecular complexity index is 437. The summed E-state index contributed by atoms with van der Waals surface area (Å²) in [4.78, 5) is 13.2. The Labute approximate surface area is 112 Å². The van der Waals surface area contributed by atoms with Gasteiger partial charge < -0.3 is 25.2 Å². The monoisotopic (exact) mass is 268 g/mol. The molecule has 1 rings (SSSR count). The first-order valence-corrected chi connectivity index (χ1v) is 5.85. The molecule has 3 N–H and O–H groups in total. The Morgan fingerprint density at radius 2 is 2.11 bits per heavy atom. The topological polar surface area (TPSA) is 85.0 Å². The van der Waals surface area contributed by atoms with Crippen LogP contribution in [0.2, 0.25) is 0 Å². The van der Waals surface area contributed by atoms with Crippen molar-refractivity contribution in [1.29, 1.82) is 0 Å². The zero-order chi connectivity index (χ0) is 14.4. The van der Waals surface area contributed by atoms with Crippen LogP contribution in [0.1, 0.15) is 5.56 Å². The van der Waals surface area contributed by atoms with E-state index in [1.54, 1.807) is 39.5 Å². The van der Waals surface area contributed by atoms with E-state index in [2.05, 4.69) is 0 Å². The summed E-state index contributed by atoms with van der Waals surface area (Å²) < 4.78 is 10.4. The lowest BCUT2D eigenvalue weighted by Crippen LogP contribution is -2.43. The molecule has 106 valence electrons. The van der Waals surface area contributed by atoms with Crippen LogP contribution in [-0.4, -0.2) is 49.8 Å². The summed E-state index contributed by atoms with van der Waals surface area (Å²) in [6, 6.07) is 4.46. The van der Waals surface area contributed by atoms with E-state index in [-0.39, 0.29) is 12.5 Å². The molecule has 0 aliphatic carbocycles. The fourth-order valence-electron chi connectivity index (χ4n) is 1.70. The van der Waals surface area contributed by atoms with Gasteiger partial charge >= 0.3 is 0 Å². The number of carbonyl (C=O) groups excluding carboxylic acids is 1. The van der Waals surface area contributed by atoms with E-state index in [4.69, 9.17) is 20.3 Å². The van der Waals surface area contributed by atoms with Gasteiger partial charge in [-0.1, -0.05) is 0 Å². The van der Waals surface area contributed by atoms with Crippen molar-refractivity contribution in [2.45, 2.75) is 12.6 Å². The van der Waals surface area contributed by atoms with Crippen LogP contribution in [0.5, 0.6) is 11.5 Å². The minimum absolute atomic E-state index is 0.326. The fraction of sp³-hybridized carbons (Fsp3) is 0.462. The molecule has 0 saturated heterocycles. The lowest BCUT2D eigenvalue weighted by molar-refractivity contribution is -0.132. The number of nitrogens with two attached hydrogens (primary N) is 1. The highest BCUT2D eigenvalue weighted by Crippen LogP contribution is 2.25. The molecular formula is C13H20N2O4.